The maximum atomic E-state index is 11.5. The van der Waals surface area contributed by atoms with Crippen molar-refractivity contribution in [3.63, 3.8) is 0 Å². The molecule has 0 atom stereocenters. The van der Waals surface area contributed by atoms with Gasteiger partial charge in [0.25, 0.3) is 0 Å². The third-order valence-electron chi connectivity index (χ3n) is 4.13. The highest BCUT2D eigenvalue weighted by Gasteiger charge is 2.13. The van der Waals surface area contributed by atoms with Gasteiger partial charge in [-0.25, -0.2) is 23.3 Å². The van der Waals surface area contributed by atoms with Gasteiger partial charge in [-0.3, -0.25) is 5.21 Å². The molecule has 11 heteroatoms. The molecule has 0 aliphatic rings. The number of halogens is 1. The topological polar surface area (TPSA) is 101 Å². The van der Waals surface area contributed by atoms with Crippen molar-refractivity contribution < 1.29 is 13.6 Å². The van der Waals surface area contributed by atoms with Crippen molar-refractivity contribution >= 4 is 56.0 Å². The van der Waals surface area contributed by atoms with Crippen molar-refractivity contribution in [1.82, 2.24) is 14.8 Å². The molecule has 0 unspecified atom stereocenters. The summed E-state index contributed by atoms with van der Waals surface area (Å²) in [5.41, 5.74) is 3.07. The van der Waals surface area contributed by atoms with Crippen LogP contribution in [0.2, 0.25) is 5.02 Å². The predicted molar refractivity (Wildman–Crippen MR) is 129 cm³/mol. The first kappa shape index (κ1) is 23.5. The van der Waals surface area contributed by atoms with Crippen LogP contribution in [0.15, 0.2) is 65.6 Å². The molecule has 1 heterocycles. The summed E-state index contributed by atoms with van der Waals surface area (Å²) in [6.45, 7) is 0. The standard InChI is InChI=1S/C20H19ClN4O3S3/c1-24(26)20(29)30-12-2-3-16-13-19(14-4-6-15(21)7-5-14)25(23-16)17-8-10-18(11-9-17)31(22,27)28/h2-11,13,26H,12H2,1H3,(H2,22,27,28). The van der Waals surface area contributed by atoms with E-state index in [9.17, 15) is 13.6 Å². The van der Waals surface area contributed by atoms with Gasteiger partial charge in [-0.15, -0.1) is 0 Å². The fraction of sp³-hybridized carbons (Fsp3) is 0.100. The van der Waals surface area contributed by atoms with Gasteiger partial charge in [-0.05, 0) is 48.5 Å². The smallest absolute Gasteiger partial charge is 0.238 e. The van der Waals surface area contributed by atoms with E-state index in [-0.39, 0.29) is 4.90 Å². The average Bonchev–Trinajstić information content (AvgIpc) is 3.15. The number of aromatic nitrogens is 2. The lowest BCUT2D eigenvalue weighted by atomic mass is 10.1. The maximum absolute atomic E-state index is 11.5. The Bertz CT molecular complexity index is 1210. The highest BCUT2D eigenvalue weighted by molar-refractivity contribution is 8.22. The summed E-state index contributed by atoms with van der Waals surface area (Å²) in [6.07, 6.45) is 3.74. The zero-order valence-corrected chi connectivity index (χ0v) is 19.5. The van der Waals surface area contributed by atoms with E-state index in [2.05, 4.69) is 5.10 Å². The van der Waals surface area contributed by atoms with E-state index in [0.29, 0.717) is 26.5 Å². The van der Waals surface area contributed by atoms with Crippen LogP contribution in [-0.2, 0) is 10.0 Å². The van der Waals surface area contributed by atoms with E-state index < -0.39 is 10.0 Å². The molecule has 0 aliphatic heterocycles. The monoisotopic (exact) mass is 494 g/mol. The quantitative estimate of drug-likeness (QED) is 0.391. The lowest BCUT2D eigenvalue weighted by Gasteiger charge is -2.08. The molecule has 0 amide bonds. The van der Waals surface area contributed by atoms with Crippen molar-refractivity contribution in [2.75, 3.05) is 12.8 Å². The number of nitrogens with two attached hydrogens (primary N) is 1. The number of hydrogen-bond acceptors (Lipinski definition) is 6. The number of thiocarbonyl (C=S) groups is 1. The Kier molecular flexibility index (Phi) is 7.52. The van der Waals surface area contributed by atoms with Gasteiger partial charge in [-0.1, -0.05) is 53.8 Å². The van der Waals surface area contributed by atoms with Crippen LogP contribution in [0.5, 0.6) is 0 Å². The zero-order chi connectivity index (χ0) is 22.6. The van der Waals surface area contributed by atoms with Crippen LogP contribution in [0.3, 0.4) is 0 Å². The van der Waals surface area contributed by atoms with E-state index >= 15 is 0 Å². The minimum absolute atomic E-state index is 0.0263. The van der Waals surface area contributed by atoms with E-state index in [1.807, 2.05) is 30.4 Å². The van der Waals surface area contributed by atoms with E-state index in [1.165, 1.54) is 30.9 Å². The minimum Gasteiger partial charge on any atom is -0.287 e. The molecule has 2 aromatic carbocycles. The van der Waals surface area contributed by atoms with E-state index in [0.717, 1.165) is 16.3 Å². The molecule has 1 aromatic heterocycles. The van der Waals surface area contributed by atoms with Crippen LogP contribution < -0.4 is 5.14 Å². The van der Waals surface area contributed by atoms with Crippen LogP contribution in [-0.4, -0.2) is 45.6 Å². The zero-order valence-electron chi connectivity index (χ0n) is 16.3. The van der Waals surface area contributed by atoms with Crippen LogP contribution in [0.1, 0.15) is 5.69 Å². The third kappa shape index (κ3) is 6.16. The molecule has 3 N–H and O–H groups in total. The second-order valence-electron chi connectivity index (χ2n) is 6.41. The van der Waals surface area contributed by atoms with E-state index in [4.69, 9.17) is 29.0 Å². The molecule has 31 heavy (non-hydrogen) atoms. The number of benzene rings is 2. The van der Waals surface area contributed by atoms with Crippen molar-refractivity contribution in [1.29, 1.82) is 0 Å². The summed E-state index contributed by atoms with van der Waals surface area (Å²) in [5.74, 6) is 0.565. The molecule has 0 radical (unpaired) electrons. The lowest BCUT2D eigenvalue weighted by molar-refractivity contribution is 0.0205. The van der Waals surface area contributed by atoms with Crippen LogP contribution in [0.25, 0.3) is 23.0 Å². The molecule has 3 aromatic rings. The van der Waals surface area contributed by atoms with Gasteiger partial charge >= 0.3 is 0 Å². The van der Waals surface area contributed by atoms with Crippen LogP contribution in [0.4, 0.5) is 0 Å². The van der Waals surface area contributed by atoms with Crippen molar-refractivity contribution in [2.45, 2.75) is 4.90 Å². The molecule has 3 rings (SSSR count). The highest BCUT2D eigenvalue weighted by Crippen LogP contribution is 2.26. The number of thioether (sulfide) groups is 1. The van der Waals surface area contributed by atoms with Crippen LogP contribution >= 0.6 is 35.6 Å². The normalized spacial score (nSPS) is 11.7. The molecule has 0 aliphatic carbocycles. The summed E-state index contributed by atoms with van der Waals surface area (Å²) >= 11 is 12.4. The average molecular weight is 495 g/mol. The fourth-order valence-corrected chi connectivity index (χ4v) is 4.03. The van der Waals surface area contributed by atoms with Gasteiger partial charge in [-0.2, -0.15) is 5.10 Å². The summed E-state index contributed by atoms with van der Waals surface area (Å²) in [6, 6.07) is 15.4. The molecule has 7 nitrogen and oxygen atoms in total. The Balaban J connectivity index is 1.95. The van der Waals surface area contributed by atoms with Crippen molar-refractivity contribution in [3.05, 3.63) is 71.4 Å². The molecule has 0 saturated heterocycles. The first-order chi connectivity index (χ1) is 14.6. The molecule has 162 valence electrons. The molecular weight excluding hydrogens is 476 g/mol. The predicted octanol–water partition coefficient (Wildman–Crippen LogP) is 4.19. The summed E-state index contributed by atoms with van der Waals surface area (Å²) in [4.78, 5) is 0.0263. The Hall–Kier alpha value is -2.21. The third-order valence-corrected chi connectivity index (χ3v) is 6.80. The summed E-state index contributed by atoms with van der Waals surface area (Å²) < 4.78 is 25.2. The van der Waals surface area contributed by atoms with Crippen molar-refractivity contribution in [2.24, 2.45) is 5.14 Å². The fourth-order valence-electron chi connectivity index (χ4n) is 2.66. The maximum Gasteiger partial charge on any atom is 0.238 e. The van der Waals surface area contributed by atoms with Gasteiger partial charge in [0.2, 0.25) is 10.0 Å². The number of primary sulfonamides is 1. The van der Waals surface area contributed by atoms with Crippen molar-refractivity contribution in [3.8, 4) is 16.9 Å². The second-order valence-corrected chi connectivity index (χ2v) is 10.1. The largest absolute Gasteiger partial charge is 0.287 e. The number of hydroxylamine groups is 2. The Labute approximate surface area is 195 Å². The Morgan fingerprint density at radius 1 is 1.26 bits per heavy atom. The van der Waals surface area contributed by atoms with Crippen LogP contribution in [0, 0.1) is 0 Å². The molecule has 0 spiro atoms. The second kappa shape index (κ2) is 9.94. The number of sulfonamides is 1. The highest BCUT2D eigenvalue weighted by atomic mass is 35.5. The summed E-state index contributed by atoms with van der Waals surface area (Å²) in [5, 5.41) is 20.6. The molecular formula is C20H19ClN4O3S3. The number of rotatable bonds is 6. The SMILES string of the molecule is CN(O)C(=S)SCC=Cc1cc(-c2ccc(Cl)cc2)n(-c2ccc(S(N)(=O)=O)cc2)n1. The summed E-state index contributed by atoms with van der Waals surface area (Å²) in [7, 11) is -2.31. The molecule has 0 fully saturated rings. The molecule has 0 bridgehead atoms. The minimum atomic E-state index is -3.78. The Morgan fingerprint density at radius 2 is 1.90 bits per heavy atom. The first-order valence-electron chi connectivity index (χ1n) is 8.90. The Morgan fingerprint density at radius 3 is 2.48 bits per heavy atom. The molecule has 0 saturated carbocycles. The van der Waals surface area contributed by atoms with Gasteiger partial charge in [0.15, 0.2) is 4.32 Å². The number of nitrogens with zero attached hydrogens (tertiary/aromatic N) is 3. The van der Waals surface area contributed by atoms with E-state index in [1.54, 1.807) is 28.9 Å². The first-order valence-corrected chi connectivity index (χ1v) is 12.2. The van der Waals surface area contributed by atoms with Gasteiger partial charge < -0.3 is 0 Å². The van der Waals surface area contributed by atoms with Gasteiger partial charge in [0.1, 0.15) is 0 Å². The van der Waals surface area contributed by atoms with Gasteiger partial charge in [0, 0.05) is 23.4 Å². The number of hydrogen-bond donors (Lipinski definition) is 2. The lowest BCUT2D eigenvalue weighted by Crippen LogP contribution is -2.17. The van der Waals surface area contributed by atoms with Gasteiger partial charge in [0.05, 0.1) is 22.0 Å².